The maximum absolute atomic E-state index is 12.5. The van der Waals surface area contributed by atoms with Crippen molar-refractivity contribution in [1.29, 1.82) is 0 Å². The van der Waals surface area contributed by atoms with Crippen LogP contribution in [0.25, 0.3) is 0 Å². The number of aryl methyl sites for hydroxylation is 1. The zero-order valence-electron chi connectivity index (χ0n) is 13.8. The molecule has 0 fully saturated rings. The molecule has 0 bridgehead atoms. The SMILES string of the molecule is CCc1ccccc1NC(=O)CNS(=O)(=O)c1ccc(C(F)(F)F)cc1. The maximum Gasteiger partial charge on any atom is 0.416 e. The Balaban J connectivity index is 2.02. The minimum Gasteiger partial charge on any atom is -0.325 e. The summed E-state index contributed by atoms with van der Waals surface area (Å²) in [5.41, 5.74) is 0.519. The fourth-order valence-corrected chi connectivity index (χ4v) is 3.19. The summed E-state index contributed by atoms with van der Waals surface area (Å²) in [4.78, 5) is 11.6. The lowest BCUT2D eigenvalue weighted by molar-refractivity contribution is -0.137. The summed E-state index contributed by atoms with van der Waals surface area (Å²) in [7, 11) is -4.10. The van der Waals surface area contributed by atoms with Crippen LogP contribution in [0.3, 0.4) is 0 Å². The molecular formula is C17H17F3N2O3S. The number of amides is 1. The van der Waals surface area contributed by atoms with Crippen molar-refractivity contribution in [2.75, 3.05) is 11.9 Å². The molecule has 2 rings (SSSR count). The number of carbonyl (C=O) groups is 1. The predicted octanol–water partition coefficient (Wildman–Crippen LogP) is 3.18. The van der Waals surface area contributed by atoms with E-state index in [1.165, 1.54) is 0 Å². The molecule has 5 nitrogen and oxygen atoms in total. The van der Waals surface area contributed by atoms with Gasteiger partial charge in [0.2, 0.25) is 15.9 Å². The van der Waals surface area contributed by atoms with Crippen LogP contribution in [0.4, 0.5) is 18.9 Å². The number of hydrogen-bond donors (Lipinski definition) is 2. The van der Waals surface area contributed by atoms with E-state index in [-0.39, 0.29) is 4.90 Å². The smallest absolute Gasteiger partial charge is 0.325 e. The van der Waals surface area contributed by atoms with Gasteiger partial charge < -0.3 is 5.32 Å². The molecule has 0 heterocycles. The van der Waals surface area contributed by atoms with Gasteiger partial charge in [0.15, 0.2) is 0 Å². The van der Waals surface area contributed by atoms with Crippen LogP contribution in [-0.4, -0.2) is 20.9 Å². The minimum atomic E-state index is -4.55. The number of sulfonamides is 1. The van der Waals surface area contributed by atoms with E-state index < -0.39 is 34.2 Å². The Labute approximate surface area is 149 Å². The fraction of sp³-hybridized carbons (Fsp3) is 0.235. The second-order valence-corrected chi connectivity index (χ2v) is 7.17. The number of carbonyl (C=O) groups excluding carboxylic acids is 1. The standard InChI is InChI=1S/C17H17F3N2O3S/c1-2-12-5-3-4-6-15(12)22-16(23)11-21-26(24,25)14-9-7-13(8-10-14)17(18,19)20/h3-10,21H,2,11H2,1H3,(H,22,23). The summed E-state index contributed by atoms with van der Waals surface area (Å²) >= 11 is 0. The summed E-state index contributed by atoms with van der Waals surface area (Å²) in [6.07, 6.45) is -3.87. The van der Waals surface area contributed by atoms with E-state index in [9.17, 15) is 26.4 Å². The Hall–Kier alpha value is -2.39. The van der Waals surface area contributed by atoms with Crippen molar-refractivity contribution >= 4 is 21.6 Å². The molecule has 9 heteroatoms. The third kappa shape index (κ3) is 5.06. The van der Waals surface area contributed by atoms with Crippen LogP contribution in [0, 0.1) is 0 Å². The topological polar surface area (TPSA) is 75.3 Å². The first-order valence-electron chi connectivity index (χ1n) is 7.68. The Kier molecular flexibility index (Phi) is 6.04. The molecule has 140 valence electrons. The van der Waals surface area contributed by atoms with Crippen LogP contribution in [-0.2, 0) is 27.4 Å². The van der Waals surface area contributed by atoms with E-state index in [1.54, 1.807) is 12.1 Å². The van der Waals surface area contributed by atoms with Crippen molar-refractivity contribution in [3.05, 3.63) is 59.7 Å². The first-order valence-corrected chi connectivity index (χ1v) is 9.16. The summed E-state index contributed by atoms with van der Waals surface area (Å²) in [6.45, 7) is 1.37. The first kappa shape index (κ1) is 19.9. The zero-order chi connectivity index (χ0) is 19.4. The van der Waals surface area contributed by atoms with Gasteiger partial charge in [-0.25, -0.2) is 13.1 Å². The molecule has 0 unspecified atom stereocenters. The second kappa shape index (κ2) is 7.88. The molecule has 2 aromatic rings. The molecule has 0 aromatic heterocycles. The van der Waals surface area contributed by atoms with E-state index in [4.69, 9.17) is 0 Å². The molecule has 2 N–H and O–H groups in total. The Morgan fingerprint density at radius 1 is 1.04 bits per heavy atom. The van der Waals surface area contributed by atoms with Crippen molar-refractivity contribution in [2.45, 2.75) is 24.4 Å². The molecule has 0 spiro atoms. The Morgan fingerprint density at radius 3 is 2.23 bits per heavy atom. The van der Waals surface area contributed by atoms with Crippen LogP contribution in [0.5, 0.6) is 0 Å². The van der Waals surface area contributed by atoms with Crippen LogP contribution in [0.1, 0.15) is 18.1 Å². The van der Waals surface area contributed by atoms with Gasteiger partial charge >= 0.3 is 6.18 Å². The molecule has 0 atom stereocenters. The van der Waals surface area contributed by atoms with Gasteiger partial charge in [-0.3, -0.25) is 4.79 Å². The van der Waals surface area contributed by atoms with Crippen molar-refractivity contribution in [2.24, 2.45) is 0 Å². The lowest BCUT2D eigenvalue weighted by Gasteiger charge is -2.11. The number of benzene rings is 2. The molecule has 0 aliphatic heterocycles. The zero-order valence-corrected chi connectivity index (χ0v) is 14.6. The highest BCUT2D eigenvalue weighted by atomic mass is 32.2. The average molecular weight is 386 g/mol. The van der Waals surface area contributed by atoms with Gasteiger partial charge in [-0.2, -0.15) is 13.2 Å². The minimum absolute atomic E-state index is 0.354. The van der Waals surface area contributed by atoms with Gasteiger partial charge in [0, 0.05) is 5.69 Å². The molecule has 0 radical (unpaired) electrons. The highest BCUT2D eigenvalue weighted by Gasteiger charge is 2.30. The quantitative estimate of drug-likeness (QED) is 0.801. The van der Waals surface area contributed by atoms with E-state index in [0.717, 1.165) is 17.7 Å². The predicted molar refractivity (Wildman–Crippen MR) is 91.1 cm³/mol. The summed E-state index contributed by atoms with van der Waals surface area (Å²) in [5.74, 6) is -0.582. The monoisotopic (exact) mass is 386 g/mol. The van der Waals surface area contributed by atoms with Crippen molar-refractivity contribution in [3.63, 3.8) is 0 Å². The molecule has 0 aliphatic carbocycles. The van der Waals surface area contributed by atoms with Gasteiger partial charge in [0.25, 0.3) is 0 Å². The van der Waals surface area contributed by atoms with Crippen LogP contribution >= 0.6 is 0 Å². The van der Waals surface area contributed by atoms with Gasteiger partial charge in [-0.15, -0.1) is 0 Å². The molecule has 2 aromatic carbocycles. The summed E-state index contributed by atoms with van der Waals surface area (Å²) < 4.78 is 63.8. The summed E-state index contributed by atoms with van der Waals surface area (Å²) in [6, 6.07) is 10.1. The highest BCUT2D eigenvalue weighted by molar-refractivity contribution is 7.89. The third-order valence-corrected chi connectivity index (χ3v) is 5.00. The number of nitrogens with one attached hydrogen (secondary N) is 2. The van der Waals surface area contributed by atoms with Crippen LogP contribution in [0.15, 0.2) is 53.4 Å². The molecule has 1 amide bonds. The first-order chi connectivity index (χ1) is 12.1. The molecule has 26 heavy (non-hydrogen) atoms. The lowest BCUT2D eigenvalue weighted by Crippen LogP contribution is -2.33. The number of rotatable bonds is 6. The Bertz CT molecular complexity index is 879. The van der Waals surface area contributed by atoms with E-state index in [2.05, 4.69) is 10.0 Å². The molecular weight excluding hydrogens is 369 g/mol. The second-order valence-electron chi connectivity index (χ2n) is 5.41. The normalized spacial score (nSPS) is 12.0. The molecule has 0 saturated carbocycles. The van der Waals surface area contributed by atoms with Gasteiger partial charge in [-0.05, 0) is 42.3 Å². The lowest BCUT2D eigenvalue weighted by atomic mass is 10.1. The summed E-state index contributed by atoms with van der Waals surface area (Å²) in [5, 5.41) is 2.60. The maximum atomic E-state index is 12.5. The number of halogens is 3. The number of alkyl halides is 3. The van der Waals surface area contributed by atoms with Crippen LogP contribution in [0.2, 0.25) is 0 Å². The molecule has 0 aliphatic rings. The van der Waals surface area contributed by atoms with Crippen molar-refractivity contribution in [3.8, 4) is 0 Å². The van der Waals surface area contributed by atoms with Gasteiger partial charge in [-0.1, -0.05) is 25.1 Å². The van der Waals surface area contributed by atoms with Gasteiger partial charge in [0.1, 0.15) is 0 Å². The largest absolute Gasteiger partial charge is 0.416 e. The van der Waals surface area contributed by atoms with Crippen molar-refractivity contribution in [1.82, 2.24) is 4.72 Å². The molecule has 0 saturated heterocycles. The number of para-hydroxylation sites is 1. The van der Waals surface area contributed by atoms with E-state index in [1.807, 2.05) is 19.1 Å². The number of hydrogen-bond acceptors (Lipinski definition) is 3. The average Bonchev–Trinajstić information content (AvgIpc) is 2.60. The highest BCUT2D eigenvalue weighted by Crippen LogP contribution is 2.29. The number of anilines is 1. The van der Waals surface area contributed by atoms with E-state index >= 15 is 0 Å². The van der Waals surface area contributed by atoms with E-state index in [0.29, 0.717) is 24.2 Å². The van der Waals surface area contributed by atoms with Gasteiger partial charge in [0.05, 0.1) is 17.0 Å². The third-order valence-electron chi connectivity index (χ3n) is 3.59. The Morgan fingerprint density at radius 2 is 1.65 bits per heavy atom. The fourth-order valence-electron chi connectivity index (χ4n) is 2.21. The van der Waals surface area contributed by atoms with Crippen LogP contribution < -0.4 is 10.0 Å². The van der Waals surface area contributed by atoms with Crippen molar-refractivity contribution < 1.29 is 26.4 Å².